The average molecular weight is 420 g/mol. The summed E-state index contributed by atoms with van der Waals surface area (Å²) in [5.41, 5.74) is 0.458. The average Bonchev–Trinajstić information content (AvgIpc) is 2.09. The normalized spacial score (nSPS) is 10.3. The van der Waals surface area contributed by atoms with E-state index in [2.05, 4.69) is 4.98 Å². The predicted molar refractivity (Wildman–Crippen MR) is 63.9 cm³/mol. The number of nitrogens with zero attached hydrogens (tertiary/aromatic N) is 2. The molecule has 0 aliphatic carbocycles. The molecule has 1 rings (SSSR count). The Bertz CT molecular complexity index is 388. The summed E-state index contributed by atoms with van der Waals surface area (Å²) in [4.78, 5) is 3.96. The van der Waals surface area contributed by atoms with Crippen molar-refractivity contribution in [3.8, 4) is 6.07 Å². The smallest absolute Gasteiger partial charge is 0.235 e. The Morgan fingerprint density at radius 1 is 1.43 bits per heavy atom. The number of nitriles is 1. The van der Waals surface area contributed by atoms with Crippen LogP contribution in [0.5, 0.6) is 0 Å². The first kappa shape index (κ1) is 12.0. The van der Waals surface area contributed by atoms with Crippen LogP contribution in [-0.4, -0.2) is 4.98 Å². The second-order valence-corrected chi connectivity index (χ2v) is 4.50. The van der Waals surface area contributed by atoms with Crippen LogP contribution in [0.2, 0.25) is 0 Å². The molecule has 0 aliphatic rings. The van der Waals surface area contributed by atoms with Gasteiger partial charge in [0.1, 0.15) is 7.40 Å². The van der Waals surface area contributed by atoms with Crippen LogP contribution < -0.4 is 0 Å². The first-order chi connectivity index (χ1) is 6.56. The monoisotopic (exact) mass is 420 g/mol. The molecule has 1 aromatic rings. The molecule has 6 heteroatoms. The van der Waals surface area contributed by atoms with E-state index in [9.17, 15) is 8.78 Å². The quantitative estimate of drug-likeness (QED) is 0.544. The molecule has 0 radical (unpaired) electrons. The molecule has 0 fully saturated rings. The Morgan fingerprint density at radius 2 is 2.07 bits per heavy atom. The highest BCUT2D eigenvalue weighted by atomic mass is 127. The van der Waals surface area contributed by atoms with E-state index in [0.29, 0.717) is 13.0 Å². The Kier molecular flexibility index (Phi) is 4.43. The molecule has 0 bridgehead atoms. The van der Waals surface area contributed by atoms with Gasteiger partial charge in [0, 0.05) is 0 Å². The highest BCUT2D eigenvalue weighted by Gasteiger charge is 2.15. The van der Waals surface area contributed by atoms with E-state index < -0.39 is 6.43 Å². The third-order valence-corrected chi connectivity index (χ3v) is 3.33. The van der Waals surface area contributed by atoms with Crippen LogP contribution in [0.1, 0.15) is 17.6 Å². The van der Waals surface area contributed by atoms with E-state index in [-0.39, 0.29) is 12.0 Å². The Hall–Kier alpha value is -0.0400. The van der Waals surface area contributed by atoms with Crippen LogP contribution in [0.25, 0.3) is 0 Å². The van der Waals surface area contributed by atoms with Crippen molar-refractivity contribution < 1.29 is 8.78 Å². The summed E-state index contributed by atoms with van der Waals surface area (Å²) in [6.07, 6.45) is -2.43. The lowest BCUT2D eigenvalue weighted by atomic mass is 10.2. The van der Waals surface area contributed by atoms with Crippen LogP contribution in [-0.2, 0) is 6.42 Å². The van der Waals surface area contributed by atoms with Crippen LogP contribution in [0, 0.1) is 18.7 Å². The Labute approximate surface area is 107 Å². The Morgan fingerprint density at radius 3 is 2.57 bits per heavy atom. The standard InChI is InChI=1S/C8H4F2I2N2/c9-6(10)5-3-4(1-2-13)7(11)14-8(5)12/h3,6H,1H2. The number of rotatable bonds is 2. The fourth-order valence-corrected chi connectivity index (χ4v) is 2.57. The topological polar surface area (TPSA) is 36.7 Å². The van der Waals surface area contributed by atoms with Gasteiger partial charge in [-0.25, -0.2) is 13.8 Å². The van der Waals surface area contributed by atoms with Gasteiger partial charge in [-0.1, -0.05) is 0 Å². The molecule has 0 unspecified atom stereocenters. The largest absolute Gasteiger partial charge is 0.266 e. The molecule has 0 saturated carbocycles. The zero-order valence-corrected chi connectivity index (χ0v) is 11.1. The minimum atomic E-state index is -2.54. The first-order valence-corrected chi connectivity index (χ1v) is 5.72. The fourth-order valence-electron chi connectivity index (χ4n) is 0.892. The summed E-state index contributed by atoms with van der Waals surface area (Å²) in [5.74, 6) is 0. The van der Waals surface area contributed by atoms with E-state index in [1.165, 1.54) is 6.07 Å². The molecule has 0 spiro atoms. The van der Waals surface area contributed by atoms with E-state index in [1.807, 2.05) is 28.7 Å². The van der Waals surface area contributed by atoms with Crippen molar-refractivity contribution in [3.05, 3.63) is 24.6 Å². The summed E-state index contributed by atoms with van der Waals surface area (Å²) >= 11 is 3.71. The molecule has 0 atom stereocenters. The van der Waals surface area contributed by atoms with Gasteiger partial charge in [0.2, 0.25) is 0 Å². The van der Waals surface area contributed by atoms with Gasteiger partial charge in [0.15, 0.2) is 0 Å². The molecular weight excluding hydrogens is 416 g/mol. The molecule has 1 aromatic heterocycles. The molecule has 0 aromatic carbocycles. The van der Waals surface area contributed by atoms with Gasteiger partial charge >= 0.3 is 0 Å². The maximum absolute atomic E-state index is 12.4. The number of pyridine rings is 1. The number of alkyl halides is 2. The molecule has 1 heterocycles. The molecule has 2 nitrogen and oxygen atoms in total. The summed E-state index contributed by atoms with van der Waals surface area (Å²) in [6, 6.07) is 3.27. The lowest BCUT2D eigenvalue weighted by Gasteiger charge is -2.06. The zero-order valence-electron chi connectivity index (χ0n) is 6.77. The minimum Gasteiger partial charge on any atom is -0.235 e. The first-order valence-electron chi connectivity index (χ1n) is 3.56. The van der Waals surface area contributed by atoms with Gasteiger partial charge < -0.3 is 0 Å². The number of hydrogen-bond acceptors (Lipinski definition) is 2. The Balaban J connectivity index is 3.21. The summed E-state index contributed by atoms with van der Waals surface area (Å²) in [5, 5.41) is 8.47. The maximum atomic E-state index is 12.4. The van der Waals surface area contributed by atoms with Crippen molar-refractivity contribution in [2.24, 2.45) is 0 Å². The van der Waals surface area contributed by atoms with Crippen LogP contribution in [0.15, 0.2) is 6.07 Å². The van der Waals surface area contributed by atoms with Crippen molar-refractivity contribution in [3.63, 3.8) is 0 Å². The second kappa shape index (κ2) is 5.16. The minimum absolute atomic E-state index is 0.101. The van der Waals surface area contributed by atoms with Gasteiger partial charge in [-0.2, -0.15) is 5.26 Å². The number of aromatic nitrogens is 1. The molecule has 0 amide bonds. The molecular formula is C8H4F2I2N2. The lowest BCUT2D eigenvalue weighted by molar-refractivity contribution is 0.149. The molecule has 0 saturated heterocycles. The van der Waals surface area contributed by atoms with Gasteiger partial charge in [-0.05, 0) is 56.8 Å². The number of halogens is 4. The highest BCUT2D eigenvalue weighted by molar-refractivity contribution is 14.1. The van der Waals surface area contributed by atoms with Crippen LogP contribution in [0.4, 0.5) is 8.78 Å². The fraction of sp³-hybridized carbons (Fsp3) is 0.250. The van der Waals surface area contributed by atoms with Gasteiger partial charge in [0.25, 0.3) is 6.43 Å². The van der Waals surface area contributed by atoms with Crippen molar-refractivity contribution in [2.75, 3.05) is 0 Å². The van der Waals surface area contributed by atoms with Gasteiger partial charge in [-0.15, -0.1) is 0 Å². The summed E-state index contributed by atoms with van der Waals surface area (Å²) in [7, 11) is 0. The van der Waals surface area contributed by atoms with E-state index in [4.69, 9.17) is 5.26 Å². The molecule has 0 N–H and O–H groups in total. The van der Waals surface area contributed by atoms with Crippen LogP contribution >= 0.6 is 45.2 Å². The maximum Gasteiger partial charge on any atom is 0.266 e. The van der Waals surface area contributed by atoms with Gasteiger partial charge in [0.05, 0.1) is 18.1 Å². The lowest BCUT2D eigenvalue weighted by Crippen LogP contribution is -2.00. The SMILES string of the molecule is N#CCc1cc(C(F)F)c(I)nc1I. The second-order valence-electron chi connectivity index (χ2n) is 2.45. The van der Waals surface area contributed by atoms with E-state index >= 15 is 0 Å². The summed E-state index contributed by atoms with van der Waals surface area (Å²) < 4.78 is 25.8. The van der Waals surface area contributed by atoms with E-state index in [1.54, 1.807) is 22.6 Å². The van der Waals surface area contributed by atoms with Crippen LogP contribution in [0.3, 0.4) is 0 Å². The van der Waals surface area contributed by atoms with Crippen molar-refractivity contribution in [2.45, 2.75) is 12.8 Å². The molecule has 74 valence electrons. The predicted octanol–water partition coefficient (Wildman–Crippen LogP) is 3.29. The highest BCUT2D eigenvalue weighted by Crippen LogP contribution is 2.26. The van der Waals surface area contributed by atoms with Crippen molar-refractivity contribution in [1.29, 1.82) is 5.26 Å². The van der Waals surface area contributed by atoms with Crippen molar-refractivity contribution in [1.82, 2.24) is 4.98 Å². The third-order valence-electron chi connectivity index (χ3n) is 1.53. The molecule has 14 heavy (non-hydrogen) atoms. The third kappa shape index (κ3) is 2.73. The van der Waals surface area contributed by atoms with E-state index in [0.717, 1.165) is 0 Å². The number of hydrogen-bond donors (Lipinski definition) is 0. The van der Waals surface area contributed by atoms with Crippen molar-refractivity contribution >= 4 is 45.2 Å². The molecule has 0 aliphatic heterocycles. The zero-order chi connectivity index (χ0) is 10.7. The summed E-state index contributed by atoms with van der Waals surface area (Å²) in [6.45, 7) is 0. The van der Waals surface area contributed by atoms with Gasteiger partial charge in [-0.3, -0.25) is 0 Å².